The zero-order valence-electron chi connectivity index (χ0n) is 11.7. The zero-order chi connectivity index (χ0) is 15.2. The van der Waals surface area contributed by atoms with Crippen LogP contribution in [-0.4, -0.2) is 13.0 Å². The van der Waals surface area contributed by atoms with Gasteiger partial charge in [-0.25, -0.2) is 0 Å². The number of hydrogen-bond donors (Lipinski definition) is 2. The van der Waals surface area contributed by atoms with Crippen molar-refractivity contribution in [2.45, 2.75) is 13.0 Å². The summed E-state index contributed by atoms with van der Waals surface area (Å²) in [6.45, 7) is 0.359. The molecule has 0 radical (unpaired) electrons. The molecule has 4 nitrogen and oxygen atoms in total. The van der Waals surface area contributed by atoms with Crippen molar-refractivity contribution in [3.05, 3.63) is 58.6 Å². The Morgan fingerprint density at radius 2 is 2.00 bits per heavy atom. The lowest BCUT2D eigenvalue weighted by molar-refractivity contribution is -0.120. The van der Waals surface area contributed by atoms with E-state index in [0.29, 0.717) is 23.0 Å². The zero-order valence-corrected chi connectivity index (χ0v) is 12.5. The van der Waals surface area contributed by atoms with Gasteiger partial charge < -0.3 is 15.8 Å². The minimum Gasteiger partial charge on any atom is -0.496 e. The maximum absolute atomic E-state index is 12.0. The number of amides is 1. The molecule has 2 aromatic carbocycles. The van der Waals surface area contributed by atoms with Gasteiger partial charge >= 0.3 is 0 Å². The fourth-order valence-electron chi connectivity index (χ4n) is 2.01. The van der Waals surface area contributed by atoms with Crippen LogP contribution >= 0.6 is 11.6 Å². The van der Waals surface area contributed by atoms with Crippen molar-refractivity contribution < 1.29 is 9.53 Å². The molecule has 0 aliphatic carbocycles. The third kappa shape index (κ3) is 4.13. The van der Waals surface area contributed by atoms with Crippen molar-refractivity contribution >= 4 is 23.2 Å². The number of hydrogen-bond acceptors (Lipinski definition) is 3. The van der Waals surface area contributed by atoms with Gasteiger partial charge in [-0.2, -0.15) is 0 Å². The Morgan fingerprint density at radius 1 is 1.24 bits per heavy atom. The highest BCUT2D eigenvalue weighted by atomic mass is 35.5. The summed E-state index contributed by atoms with van der Waals surface area (Å²) >= 11 is 6.04. The van der Waals surface area contributed by atoms with Gasteiger partial charge in [0.05, 0.1) is 13.5 Å². The first-order valence-electron chi connectivity index (χ1n) is 6.52. The van der Waals surface area contributed by atoms with Crippen LogP contribution in [0.25, 0.3) is 0 Å². The second-order valence-electron chi connectivity index (χ2n) is 4.62. The molecule has 2 rings (SSSR count). The van der Waals surface area contributed by atoms with E-state index < -0.39 is 0 Å². The molecular weight excluding hydrogens is 288 g/mol. The highest BCUT2D eigenvalue weighted by molar-refractivity contribution is 6.31. The first kappa shape index (κ1) is 15.2. The summed E-state index contributed by atoms with van der Waals surface area (Å²) in [5.74, 6) is 0.592. The molecule has 2 aromatic rings. The number of nitrogens with two attached hydrogens (primary N) is 1. The van der Waals surface area contributed by atoms with Crippen molar-refractivity contribution in [1.29, 1.82) is 0 Å². The number of ether oxygens (including phenoxy) is 1. The molecule has 0 atom stereocenters. The Kier molecular flexibility index (Phi) is 5.06. The third-order valence-electron chi connectivity index (χ3n) is 3.09. The van der Waals surface area contributed by atoms with Crippen LogP contribution in [0.2, 0.25) is 5.02 Å². The number of carbonyl (C=O) groups excluding carboxylic acids is 1. The van der Waals surface area contributed by atoms with Gasteiger partial charge in [-0.3, -0.25) is 4.79 Å². The van der Waals surface area contributed by atoms with Crippen molar-refractivity contribution in [3.63, 3.8) is 0 Å². The fourth-order valence-corrected chi connectivity index (χ4v) is 2.21. The number of carbonyl (C=O) groups is 1. The molecule has 0 aliphatic heterocycles. The molecule has 0 aromatic heterocycles. The number of halogens is 1. The molecule has 0 aliphatic rings. The third-order valence-corrected chi connectivity index (χ3v) is 3.46. The lowest BCUT2D eigenvalue weighted by Crippen LogP contribution is -2.25. The van der Waals surface area contributed by atoms with Crippen LogP contribution in [0.1, 0.15) is 11.1 Å². The van der Waals surface area contributed by atoms with Crippen LogP contribution in [0.5, 0.6) is 5.75 Å². The Hall–Kier alpha value is -2.20. The predicted octanol–water partition coefficient (Wildman–Crippen LogP) is 2.79. The summed E-state index contributed by atoms with van der Waals surface area (Å²) in [7, 11) is 1.58. The molecule has 3 N–H and O–H groups in total. The van der Waals surface area contributed by atoms with Crippen molar-refractivity contribution in [3.8, 4) is 5.75 Å². The second-order valence-corrected chi connectivity index (χ2v) is 5.02. The van der Waals surface area contributed by atoms with Crippen molar-refractivity contribution in [2.75, 3.05) is 12.8 Å². The molecule has 0 bridgehead atoms. The van der Waals surface area contributed by atoms with Gasteiger partial charge in [0.2, 0.25) is 5.91 Å². The molecule has 110 valence electrons. The summed E-state index contributed by atoms with van der Waals surface area (Å²) in [5.41, 5.74) is 8.02. The fraction of sp³-hybridized carbons (Fsp3) is 0.188. The van der Waals surface area contributed by atoms with E-state index >= 15 is 0 Å². The summed E-state index contributed by atoms with van der Waals surface area (Å²) in [5, 5.41) is 3.44. The monoisotopic (exact) mass is 304 g/mol. The normalized spacial score (nSPS) is 10.2. The van der Waals surface area contributed by atoms with E-state index in [1.807, 2.05) is 18.2 Å². The van der Waals surface area contributed by atoms with Gasteiger partial charge in [-0.1, -0.05) is 29.8 Å². The number of anilines is 1. The van der Waals surface area contributed by atoms with E-state index in [2.05, 4.69) is 5.32 Å². The van der Waals surface area contributed by atoms with Gasteiger partial charge in [0.15, 0.2) is 0 Å². The summed E-state index contributed by atoms with van der Waals surface area (Å²) in [6.07, 6.45) is 0.240. The Morgan fingerprint density at radius 3 is 2.71 bits per heavy atom. The molecule has 0 saturated heterocycles. The average Bonchev–Trinajstić information content (AvgIpc) is 2.48. The number of benzene rings is 2. The van der Waals surface area contributed by atoms with Crippen LogP contribution in [0.4, 0.5) is 5.69 Å². The first-order valence-corrected chi connectivity index (χ1v) is 6.90. The molecule has 5 heteroatoms. The highest BCUT2D eigenvalue weighted by Crippen LogP contribution is 2.21. The molecule has 0 fully saturated rings. The minimum absolute atomic E-state index is 0.104. The largest absolute Gasteiger partial charge is 0.496 e. The van der Waals surface area contributed by atoms with Gasteiger partial charge in [-0.15, -0.1) is 0 Å². The topological polar surface area (TPSA) is 64.3 Å². The van der Waals surface area contributed by atoms with E-state index in [-0.39, 0.29) is 12.3 Å². The number of nitrogen functional groups attached to an aromatic ring is 1. The van der Waals surface area contributed by atoms with E-state index in [1.54, 1.807) is 31.4 Å². The Balaban J connectivity index is 1.98. The summed E-state index contributed by atoms with van der Waals surface area (Å²) in [4.78, 5) is 12.0. The maximum Gasteiger partial charge on any atom is 0.224 e. The van der Waals surface area contributed by atoms with Gasteiger partial charge in [-0.05, 0) is 29.8 Å². The molecule has 21 heavy (non-hydrogen) atoms. The van der Waals surface area contributed by atoms with E-state index in [4.69, 9.17) is 22.1 Å². The molecule has 0 heterocycles. The molecule has 0 saturated carbocycles. The quantitative estimate of drug-likeness (QED) is 0.835. The SMILES string of the molecule is COc1ccc(N)cc1CNC(=O)Cc1ccccc1Cl. The Labute approximate surface area is 128 Å². The van der Waals surface area contributed by atoms with Gasteiger partial charge in [0, 0.05) is 22.8 Å². The van der Waals surface area contributed by atoms with Gasteiger partial charge in [0.1, 0.15) is 5.75 Å². The standard InChI is InChI=1S/C16H17ClN2O2/c1-21-15-7-6-13(18)8-12(15)10-19-16(20)9-11-4-2-3-5-14(11)17/h2-8H,9-10,18H2,1H3,(H,19,20). The molecule has 0 unspecified atom stereocenters. The lowest BCUT2D eigenvalue weighted by Gasteiger charge is -2.11. The van der Waals surface area contributed by atoms with E-state index in [0.717, 1.165) is 11.1 Å². The summed E-state index contributed by atoms with van der Waals surface area (Å²) < 4.78 is 5.24. The average molecular weight is 305 g/mol. The van der Waals surface area contributed by atoms with Crippen LogP contribution in [-0.2, 0) is 17.8 Å². The molecule has 1 amide bonds. The highest BCUT2D eigenvalue weighted by Gasteiger charge is 2.08. The van der Waals surface area contributed by atoms with Crippen LogP contribution < -0.4 is 15.8 Å². The van der Waals surface area contributed by atoms with E-state index in [9.17, 15) is 4.79 Å². The van der Waals surface area contributed by atoms with Crippen LogP contribution in [0.15, 0.2) is 42.5 Å². The smallest absolute Gasteiger partial charge is 0.224 e. The molecule has 0 spiro atoms. The number of rotatable bonds is 5. The lowest BCUT2D eigenvalue weighted by atomic mass is 10.1. The second kappa shape index (κ2) is 6.99. The first-order chi connectivity index (χ1) is 10.1. The maximum atomic E-state index is 12.0. The number of nitrogens with one attached hydrogen (secondary N) is 1. The van der Waals surface area contributed by atoms with E-state index in [1.165, 1.54) is 0 Å². The predicted molar refractivity (Wildman–Crippen MR) is 84.4 cm³/mol. The van der Waals surface area contributed by atoms with Crippen molar-refractivity contribution in [2.24, 2.45) is 0 Å². The Bertz CT molecular complexity index is 644. The van der Waals surface area contributed by atoms with Crippen molar-refractivity contribution in [1.82, 2.24) is 5.32 Å². The number of methoxy groups -OCH3 is 1. The summed E-state index contributed by atoms with van der Waals surface area (Å²) in [6, 6.07) is 12.6. The van der Waals surface area contributed by atoms with Crippen LogP contribution in [0, 0.1) is 0 Å². The molecular formula is C16H17ClN2O2. The minimum atomic E-state index is -0.104. The van der Waals surface area contributed by atoms with Crippen LogP contribution in [0.3, 0.4) is 0 Å². The van der Waals surface area contributed by atoms with Gasteiger partial charge in [0.25, 0.3) is 0 Å².